The molecule has 0 bridgehead atoms. The van der Waals surface area contributed by atoms with Crippen LogP contribution in [0.1, 0.15) is 53.4 Å². The van der Waals surface area contributed by atoms with Crippen molar-refractivity contribution in [1.29, 1.82) is 0 Å². The fourth-order valence-electron chi connectivity index (χ4n) is 2.34. The third-order valence-corrected chi connectivity index (χ3v) is 15.8. The van der Waals surface area contributed by atoms with Crippen molar-refractivity contribution < 1.29 is 0 Å². The van der Waals surface area contributed by atoms with Gasteiger partial charge >= 0.3 is 106 Å². The molecule has 0 saturated carbocycles. The van der Waals surface area contributed by atoms with Gasteiger partial charge in [0.15, 0.2) is 0 Å². The summed E-state index contributed by atoms with van der Waals surface area (Å²) < 4.78 is 8.46. The van der Waals surface area contributed by atoms with Crippen molar-refractivity contribution in [2.45, 2.75) is 62.3 Å². The van der Waals surface area contributed by atoms with E-state index in [9.17, 15) is 0 Å². The van der Waals surface area contributed by atoms with Gasteiger partial charge in [-0.3, -0.25) is 0 Å². The molecule has 0 radical (unpaired) electrons. The van der Waals surface area contributed by atoms with Crippen LogP contribution in [0.5, 0.6) is 0 Å². The molecule has 0 unspecified atom stereocenters. The Morgan fingerprint density at radius 1 is 0.875 bits per heavy atom. The average Bonchev–Trinajstić information content (AvgIpc) is 2.27. The van der Waals surface area contributed by atoms with Crippen molar-refractivity contribution in [1.82, 2.24) is 0 Å². The second kappa shape index (κ2) is 6.28. The Morgan fingerprint density at radius 2 is 1.31 bits per heavy atom. The fourth-order valence-corrected chi connectivity index (χ4v) is 15.4. The van der Waals surface area contributed by atoms with Crippen LogP contribution in [-0.4, -0.2) is 18.4 Å². The number of allylic oxidation sites excluding steroid dienone is 2. The molecule has 1 rings (SSSR count). The molecule has 0 aliphatic carbocycles. The van der Waals surface area contributed by atoms with Crippen LogP contribution in [0.25, 0.3) is 0 Å². The van der Waals surface area contributed by atoms with E-state index in [1.54, 1.807) is 0 Å². The first kappa shape index (κ1) is 14.3. The Morgan fingerprint density at radius 3 is 1.69 bits per heavy atom. The molecule has 0 fully saturated rings. The first-order chi connectivity index (χ1) is 7.54. The molecule has 1 heteroatoms. The maximum atomic E-state index is 2.69. The summed E-state index contributed by atoms with van der Waals surface area (Å²) >= 11 is -1.97. The summed E-state index contributed by atoms with van der Waals surface area (Å²) in [5, 5.41) is 0. The van der Waals surface area contributed by atoms with Crippen LogP contribution >= 0.6 is 0 Å². The van der Waals surface area contributed by atoms with Gasteiger partial charge in [-0.05, 0) is 0 Å². The zero-order valence-corrected chi connectivity index (χ0v) is 14.4. The Bertz CT molecular complexity index is 235. The summed E-state index contributed by atoms with van der Waals surface area (Å²) in [6.07, 6.45) is 10.6. The first-order valence-electron chi connectivity index (χ1n) is 6.94. The summed E-state index contributed by atoms with van der Waals surface area (Å²) in [5.41, 5.74) is 0.318. The Balaban J connectivity index is 2.70. The minimum absolute atomic E-state index is 0.318. The second-order valence-electron chi connectivity index (χ2n) is 5.93. The molecule has 0 aromatic heterocycles. The molecule has 1 aliphatic heterocycles. The van der Waals surface area contributed by atoms with Gasteiger partial charge in [0.05, 0.1) is 0 Å². The van der Waals surface area contributed by atoms with Crippen LogP contribution in [0.2, 0.25) is 8.87 Å². The first-order valence-corrected chi connectivity index (χ1v) is 14.3. The quantitative estimate of drug-likeness (QED) is 0.583. The summed E-state index contributed by atoms with van der Waals surface area (Å²) in [6, 6.07) is 0. The zero-order valence-electron chi connectivity index (χ0n) is 11.6. The molecule has 0 nitrogen and oxygen atoms in total. The zero-order chi connectivity index (χ0) is 12.1. The molecular formula is C15H28Sn. The molecule has 92 valence electrons. The Hall–Kier alpha value is 0.279. The predicted octanol–water partition coefficient (Wildman–Crippen LogP) is 5.27. The van der Waals surface area contributed by atoms with Crippen molar-refractivity contribution in [3.63, 3.8) is 0 Å². The molecular weight excluding hydrogens is 299 g/mol. The monoisotopic (exact) mass is 328 g/mol. The Kier molecular flexibility index (Phi) is 5.62. The van der Waals surface area contributed by atoms with Crippen LogP contribution in [0, 0.1) is 5.41 Å². The summed E-state index contributed by atoms with van der Waals surface area (Å²) in [4.78, 5) is 0. The van der Waals surface area contributed by atoms with Crippen molar-refractivity contribution in [2.24, 2.45) is 5.41 Å². The van der Waals surface area contributed by atoms with Gasteiger partial charge in [-0.1, -0.05) is 0 Å². The van der Waals surface area contributed by atoms with Crippen molar-refractivity contribution in [3.8, 4) is 0 Å². The van der Waals surface area contributed by atoms with E-state index in [2.05, 4.69) is 48.0 Å². The van der Waals surface area contributed by atoms with Gasteiger partial charge in [0.1, 0.15) is 0 Å². The molecule has 0 saturated heterocycles. The third-order valence-electron chi connectivity index (χ3n) is 3.68. The van der Waals surface area contributed by atoms with E-state index in [4.69, 9.17) is 0 Å². The molecule has 1 aliphatic rings. The summed E-state index contributed by atoms with van der Waals surface area (Å²) in [7, 11) is 0. The average molecular weight is 327 g/mol. The summed E-state index contributed by atoms with van der Waals surface area (Å²) in [6.45, 7) is 9.27. The topological polar surface area (TPSA) is 0 Å². The fraction of sp³-hybridized carbons (Fsp3) is 0.733. The van der Waals surface area contributed by atoms with Crippen LogP contribution < -0.4 is 0 Å². The van der Waals surface area contributed by atoms with Crippen molar-refractivity contribution in [3.05, 3.63) is 20.3 Å². The van der Waals surface area contributed by atoms with E-state index in [0.717, 1.165) is 0 Å². The second-order valence-corrected chi connectivity index (χ2v) is 17.7. The predicted molar refractivity (Wildman–Crippen MR) is 77.2 cm³/mol. The van der Waals surface area contributed by atoms with Gasteiger partial charge < -0.3 is 0 Å². The van der Waals surface area contributed by atoms with E-state index < -0.39 is 18.4 Å². The van der Waals surface area contributed by atoms with Crippen molar-refractivity contribution in [2.75, 3.05) is 0 Å². The molecule has 0 N–H and O–H groups in total. The standard InChI is InChI=1S/C7H10.2C4H9.Sn/c1-5-7(3,4)6-2;2*1-3-4-2;/h1-2,5-6H,3-4H3;2*1,3-4H2,2H3;. The number of hydrogen-bond acceptors (Lipinski definition) is 0. The normalized spacial score (nSPS) is 21.2. The molecule has 16 heavy (non-hydrogen) atoms. The van der Waals surface area contributed by atoms with Gasteiger partial charge in [-0.15, -0.1) is 0 Å². The van der Waals surface area contributed by atoms with Gasteiger partial charge in [-0.25, -0.2) is 0 Å². The van der Waals surface area contributed by atoms with Gasteiger partial charge in [-0.2, -0.15) is 0 Å². The van der Waals surface area contributed by atoms with E-state index in [0.29, 0.717) is 5.41 Å². The van der Waals surface area contributed by atoms with Gasteiger partial charge in [0, 0.05) is 0 Å². The van der Waals surface area contributed by atoms with E-state index in [1.165, 1.54) is 34.6 Å². The van der Waals surface area contributed by atoms with Crippen LogP contribution in [-0.2, 0) is 0 Å². The van der Waals surface area contributed by atoms with E-state index >= 15 is 0 Å². The minimum atomic E-state index is -1.97. The number of unbranched alkanes of at least 4 members (excludes halogenated alkanes) is 2. The van der Waals surface area contributed by atoms with Gasteiger partial charge in [0.2, 0.25) is 0 Å². The van der Waals surface area contributed by atoms with Crippen LogP contribution in [0.4, 0.5) is 0 Å². The molecule has 0 spiro atoms. The summed E-state index contributed by atoms with van der Waals surface area (Å²) in [5.74, 6) is 0. The van der Waals surface area contributed by atoms with E-state index in [1.807, 2.05) is 0 Å². The number of rotatable bonds is 6. The molecule has 0 aromatic carbocycles. The van der Waals surface area contributed by atoms with Gasteiger partial charge in [0.25, 0.3) is 0 Å². The number of hydrogen-bond donors (Lipinski definition) is 0. The Labute approximate surface area is 106 Å². The SMILES string of the molecule is CCC[CH2][Sn]1([CH2]CCC)[CH]=CC(C)(C)C=[CH]1. The third kappa shape index (κ3) is 4.27. The molecule has 0 atom stereocenters. The van der Waals surface area contributed by atoms with E-state index in [-0.39, 0.29) is 0 Å². The van der Waals surface area contributed by atoms with Crippen LogP contribution in [0.15, 0.2) is 20.3 Å². The molecule has 1 heterocycles. The maximum absolute atomic E-state index is 2.69. The molecule has 0 amide bonds. The van der Waals surface area contributed by atoms with Crippen molar-refractivity contribution >= 4 is 18.4 Å². The molecule has 0 aromatic rings. The van der Waals surface area contributed by atoms with Crippen LogP contribution in [0.3, 0.4) is 0 Å².